The number of rotatable bonds is 4. The average Bonchev–Trinajstić information content (AvgIpc) is 2.84. The third-order valence-corrected chi connectivity index (χ3v) is 9.12. The number of hydrogen-bond acceptors (Lipinski definition) is 1. The van der Waals surface area contributed by atoms with Crippen molar-refractivity contribution in [3.8, 4) is 0 Å². The molecular weight excluding hydrogens is 559 g/mol. The van der Waals surface area contributed by atoms with Gasteiger partial charge in [-0.25, -0.2) is 0 Å². The number of piperidine rings is 1. The second-order valence-electron chi connectivity index (χ2n) is 6.87. The largest absolute Gasteiger partial charge is 0 e. The Morgan fingerprint density at radius 3 is 2.92 bits per heavy atom. The van der Waals surface area contributed by atoms with Crippen LogP contribution in [0.3, 0.4) is 0 Å². The predicted molar refractivity (Wildman–Crippen MR) is 103 cm³/mol. The average molecular weight is 585 g/mol. The van der Waals surface area contributed by atoms with Gasteiger partial charge in [-0.2, -0.15) is 0 Å². The van der Waals surface area contributed by atoms with Crippen molar-refractivity contribution in [1.82, 2.24) is 3.11 Å². The van der Waals surface area contributed by atoms with Gasteiger partial charge < -0.3 is 0 Å². The zero-order valence-corrected chi connectivity index (χ0v) is 19.8. The maximum absolute atomic E-state index is 6.63. The second-order valence-corrected chi connectivity index (χ2v) is 11.5. The van der Waals surface area contributed by atoms with Gasteiger partial charge in [-0.1, -0.05) is 0 Å². The molecule has 2 radical (unpaired) electrons. The van der Waals surface area contributed by atoms with Crippen molar-refractivity contribution >= 4 is 30.7 Å². The van der Waals surface area contributed by atoms with E-state index < -0.39 is 0 Å². The van der Waals surface area contributed by atoms with E-state index >= 15 is 0 Å². The number of benzene rings is 1. The first-order valence-electron chi connectivity index (χ1n) is 8.93. The van der Waals surface area contributed by atoms with E-state index in [1.165, 1.54) is 58.0 Å². The van der Waals surface area contributed by atoms with Crippen LogP contribution >= 0.6 is 22.9 Å². The molecule has 1 heterocycles. The van der Waals surface area contributed by atoms with E-state index in [-0.39, 0.29) is 38.6 Å². The molecule has 1 unspecified atom stereocenters. The van der Waals surface area contributed by atoms with Gasteiger partial charge in [0.25, 0.3) is 0 Å². The van der Waals surface area contributed by atoms with Gasteiger partial charge in [0, 0.05) is 17.4 Å². The summed E-state index contributed by atoms with van der Waals surface area (Å²) in [5, 5.41) is 0. The van der Waals surface area contributed by atoms with E-state index in [1.807, 2.05) is 0 Å². The number of alkyl halides is 1. The quantitative estimate of drug-likeness (QED) is 0.130. The number of hydrogen-bond donors (Lipinski definition) is 0. The molecule has 1 aliphatic carbocycles. The van der Waals surface area contributed by atoms with Crippen molar-refractivity contribution in [2.45, 2.75) is 54.7 Å². The Kier molecular flexibility index (Phi) is 10.0. The molecule has 5 heteroatoms. The topological polar surface area (TPSA) is 3.24 Å². The molecular formula is C19H26BCrI2N-2. The van der Waals surface area contributed by atoms with Crippen LogP contribution in [0.15, 0.2) is 24.3 Å². The summed E-state index contributed by atoms with van der Waals surface area (Å²) in [6.07, 6.45) is 11.7. The Bertz CT molecular complexity index is 494. The van der Waals surface area contributed by atoms with E-state index in [2.05, 4.69) is 56.7 Å². The summed E-state index contributed by atoms with van der Waals surface area (Å²) in [6.45, 7) is 2.44. The van der Waals surface area contributed by atoms with E-state index in [9.17, 15) is 0 Å². The van der Waals surface area contributed by atoms with Crippen molar-refractivity contribution in [1.29, 1.82) is 0 Å². The Balaban J connectivity index is 0.00000208. The van der Waals surface area contributed by atoms with Crippen LogP contribution in [0.1, 0.15) is 56.4 Å². The molecule has 1 aromatic carbocycles. The van der Waals surface area contributed by atoms with Crippen molar-refractivity contribution in [3.63, 3.8) is 0 Å². The molecule has 3 atom stereocenters. The van der Waals surface area contributed by atoms with Crippen molar-refractivity contribution in [2.24, 2.45) is 5.92 Å². The first-order chi connectivity index (χ1) is 11.2. The molecule has 132 valence electrons. The molecule has 1 aromatic rings. The van der Waals surface area contributed by atoms with Gasteiger partial charge in [-0.3, -0.25) is 0 Å². The second kappa shape index (κ2) is 11.2. The maximum Gasteiger partial charge on any atom is 0 e. The third kappa shape index (κ3) is 6.44. The Morgan fingerprint density at radius 1 is 1.21 bits per heavy atom. The predicted octanol–water partition coefficient (Wildman–Crippen LogP) is 1.75. The van der Waals surface area contributed by atoms with Crippen LogP contribution in [0.5, 0.6) is 0 Å². The minimum atomic E-state index is -0.0757. The van der Waals surface area contributed by atoms with Gasteiger partial charge >= 0.3 is 169 Å². The molecule has 0 aromatic heterocycles. The summed E-state index contributed by atoms with van der Waals surface area (Å²) in [7, 11) is 6.63. The molecule has 0 amide bonds. The molecule has 1 aliphatic heterocycles. The van der Waals surface area contributed by atoms with Gasteiger partial charge in [0.15, 0.2) is 0 Å². The van der Waals surface area contributed by atoms with Gasteiger partial charge in [-0.15, -0.1) is 0 Å². The summed E-state index contributed by atoms with van der Waals surface area (Å²) in [6, 6.07) is 9.41. The fourth-order valence-electron chi connectivity index (χ4n) is 3.73. The van der Waals surface area contributed by atoms with Crippen LogP contribution in [0.25, 0.3) is 0 Å². The summed E-state index contributed by atoms with van der Waals surface area (Å²) in [5.41, 5.74) is 1.55. The van der Waals surface area contributed by atoms with Crippen LogP contribution in [0, 0.1) is 15.9 Å². The summed E-state index contributed by atoms with van der Waals surface area (Å²) >= 11 is 2.40. The van der Waals surface area contributed by atoms with Crippen molar-refractivity contribution < 1.29 is 38.6 Å². The normalized spacial score (nSPS) is 27.2. The fraction of sp³-hybridized carbons (Fsp3) is 0.632. The molecule has 2 fully saturated rings. The summed E-state index contributed by atoms with van der Waals surface area (Å²) in [4.78, 5) is 0. The minimum absolute atomic E-state index is 0. The standard InChI is InChI=1S/C19H26BI2N.Cr/c20-19(15-7-3-1-2-4-8-15)22-18-11-5-9-16(13-18)17-10-6-12-23(21)14-17;/h1,5,9,11,13,15,17,19H,2-4,6-8,10,12,14H2;/q-2;/t15?,17-,19+;/m0./s1. The zero-order chi connectivity index (χ0) is 16.1. The van der Waals surface area contributed by atoms with Crippen LogP contribution in [0.2, 0.25) is 0 Å². The molecule has 0 spiro atoms. The van der Waals surface area contributed by atoms with E-state index in [0.717, 1.165) is 5.92 Å². The first-order valence-corrected chi connectivity index (χ1v) is 12.2. The molecule has 2 aliphatic rings. The molecule has 1 nitrogen and oxygen atoms in total. The molecule has 3 rings (SSSR count). The minimum Gasteiger partial charge on any atom is 0 e. The van der Waals surface area contributed by atoms with Crippen LogP contribution in [0.4, 0.5) is 0 Å². The molecule has 0 bridgehead atoms. The molecule has 0 N–H and O–H groups in total. The molecule has 1 saturated heterocycles. The SMILES string of the molecule is [B][C@H]([I-]c1cccc([C@H]2CCCN(I)C2)c1)C1CC[CH-]CCC1.[Cr]. The Morgan fingerprint density at radius 2 is 2.08 bits per heavy atom. The van der Waals surface area contributed by atoms with Crippen molar-refractivity contribution in [3.05, 3.63) is 39.8 Å². The van der Waals surface area contributed by atoms with Crippen LogP contribution in [-0.2, 0) is 17.4 Å². The van der Waals surface area contributed by atoms with Gasteiger partial charge in [-0.05, 0) is 0 Å². The first kappa shape index (κ1) is 21.5. The Labute approximate surface area is 184 Å². The maximum atomic E-state index is 6.63. The van der Waals surface area contributed by atoms with E-state index in [0.29, 0.717) is 9.74 Å². The zero-order valence-electron chi connectivity index (χ0n) is 14.2. The van der Waals surface area contributed by atoms with Crippen molar-refractivity contribution in [2.75, 3.05) is 13.1 Å². The Hall–Kier alpha value is 1.24. The monoisotopic (exact) mass is 585 g/mol. The van der Waals surface area contributed by atoms with E-state index in [4.69, 9.17) is 7.85 Å². The van der Waals surface area contributed by atoms with E-state index in [1.54, 1.807) is 9.13 Å². The number of nitrogens with zero attached hydrogens (tertiary/aromatic N) is 1. The molecule has 24 heavy (non-hydrogen) atoms. The molecule has 1 saturated carbocycles. The van der Waals surface area contributed by atoms with Gasteiger partial charge in [0.1, 0.15) is 0 Å². The van der Waals surface area contributed by atoms with Gasteiger partial charge in [0.2, 0.25) is 0 Å². The fourth-order valence-corrected chi connectivity index (χ4v) is 7.56. The number of halogens is 2. The third-order valence-electron chi connectivity index (χ3n) is 5.12. The van der Waals surface area contributed by atoms with Crippen LogP contribution in [-0.4, -0.2) is 27.9 Å². The summed E-state index contributed by atoms with van der Waals surface area (Å²) < 4.78 is 4.43. The van der Waals surface area contributed by atoms with Gasteiger partial charge in [0.05, 0.1) is 0 Å². The smallest absolute Gasteiger partial charge is 0 e. The summed E-state index contributed by atoms with van der Waals surface area (Å²) in [5.74, 6) is 1.47. The van der Waals surface area contributed by atoms with Crippen LogP contribution < -0.4 is 21.2 Å².